The number of amides is 1. The lowest BCUT2D eigenvalue weighted by Gasteiger charge is -2.09. The maximum Gasteiger partial charge on any atom is 0.299 e. The molecule has 0 aromatic heterocycles. The summed E-state index contributed by atoms with van der Waals surface area (Å²) in [5.74, 6) is -1.05. The highest BCUT2D eigenvalue weighted by atomic mass is 35.5. The number of nitrogens with two attached hydrogens (primary N) is 1. The summed E-state index contributed by atoms with van der Waals surface area (Å²) in [5, 5.41) is 25.4. The van der Waals surface area contributed by atoms with E-state index in [0.29, 0.717) is 11.1 Å². The third kappa shape index (κ3) is 3.76. The summed E-state index contributed by atoms with van der Waals surface area (Å²) in [6, 6.07) is 8.44. The van der Waals surface area contributed by atoms with E-state index in [1.165, 1.54) is 0 Å². The SMILES string of the molecule is NC(=O)c1cc(NCc2ccc(Cl)cc2)c([N+](=O)[O-])cc1[N+](=O)[O-]. The zero-order valence-corrected chi connectivity index (χ0v) is 12.8. The van der Waals surface area contributed by atoms with Crippen molar-refractivity contribution in [2.24, 2.45) is 5.73 Å². The lowest BCUT2D eigenvalue weighted by atomic mass is 10.1. The third-order valence-electron chi connectivity index (χ3n) is 3.17. The number of halogens is 1. The van der Waals surface area contributed by atoms with E-state index in [4.69, 9.17) is 17.3 Å². The minimum atomic E-state index is -1.05. The Morgan fingerprint density at radius 3 is 2.17 bits per heavy atom. The molecule has 10 heteroatoms. The Hall–Kier alpha value is -3.20. The molecule has 0 atom stereocenters. The Balaban J connectivity index is 2.41. The number of nitrogens with zero attached hydrogens (tertiary/aromatic N) is 2. The molecule has 0 radical (unpaired) electrons. The molecule has 0 bridgehead atoms. The topological polar surface area (TPSA) is 141 Å². The van der Waals surface area contributed by atoms with Crippen LogP contribution in [-0.4, -0.2) is 15.8 Å². The third-order valence-corrected chi connectivity index (χ3v) is 3.42. The number of rotatable bonds is 6. The Kier molecular flexibility index (Phi) is 4.95. The summed E-state index contributed by atoms with van der Waals surface area (Å²) in [6.45, 7) is 0.189. The average molecular weight is 351 g/mol. The molecule has 124 valence electrons. The summed E-state index contributed by atoms with van der Waals surface area (Å²) in [7, 11) is 0. The normalized spacial score (nSPS) is 10.2. The van der Waals surface area contributed by atoms with E-state index >= 15 is 0 Å². The summed E-state index contributed by atoms with van der Waals surface area (Å²) in [5.41, 5.74) is 4.18. The van der Waals surface area contributed by atoms with Crippen LogP contribution in [0.2, 0.25) is 5.02 Å². The molecule has 3 N–H and O–H groups in total. The van der Waals surface area contributed by atoms with Gasteiger partial charge >= 0.3 is 0 Å². The Labute approximate surface area is 140 Å². The first-order chi connectivity index (χ1) is 11.3. The highest BCUT2D eigenvalue weighted by molar-refractivity contribution is 6.30. The quantitative estimate of drug-likeness (QED) is 0.606. The highest BCUT2D eigenvalue weighted by Crippen LogP contribution is 2.33. The van der Waals surface area contributed by atoms with Crippen LogP contribution in [0.4, 0.5) is 17.1 Å². The average Bonchev–Trinajstić information content (AvgIpc) is 2.53. The van der Waals surface area contributed by atoms with Crippen molar-refractivity contribution < 1.29 is 14.6 Å². The number of hydrogen-bond acceptors (Lipinski definition) is 6. The van der Waals surface area contributed by atoms with Gasteiger partial charge in [-0.1, -0.05) is 23.7 Å². The van der Waals surface area contributed by atoms with E-state index in [1.807, 2.05) is 0 Å². The molecule has 2 aromatic rings. The number of nitro benzene ring substituents is 2. The molecule has 0 aliphatic carbocycles. The first kappa shape index (κ1) is 17.2. The van der Waals surface area contributed by atoms with Crippen molar-refractivity contribution in [3.05, 3.63) is 72.8 Å². The van der Waals surface area contributed by atoms with Crippen LogP contribution in [0.5, 0.6) is 0 Å². The second kappa shape index (κ2) is 6.92. The van der Waals surface area contributed by atoms with Gasteiger partial charge in [-0.05, 0) is 23.8 Å². The monoisotopic (exact) mass is 350 g/mol. The molecule has 0 unspecified atom stereocenters. The van der Waals surface area contributed by atoms with Gasteiger partial charge in [0.25, 0.3) is 17.3 Å². The molecule has 2 rings (SSSR count). The molecule has 24 heavy (non-hydrogen) atoms. The zero-order chi connectivity index (χ0) is 17.9. The van der Waals surface area contributed by atoms with E-state index in [2.05, 4.69) is 5.32 Å². The minimum Gasteiger partial charge on any atom is -0.375 e. The molecule has 0 spiro atoms. The van der Waals surface area contributed by atoms with Crippen LogP contribution in [0, 0.1) is 20.2 Å². The predicted octanol–water partition coefficient (Wildman–Crippen LogP) is 2.87. The van der Waals surface area contributed by atoms with Gasteiger partial charge in [0.15, 0.2) is 0 Å². The lowest BCUT2D eigenvalue weighted by molar-refractivity contribution is -0.393. The second-order valence-electron chi connectivity index (χ2n) is 4.74. The number of benzene rings is 2. The van der Waals surface area contributed by atoms with Gasteiger partial charge in [-0.2, -0.15) is 0 Å². The van der Waals surface area contributed by atoms with E-state index in [1.54, 1.807) is 24.3 Å². The molecule has 0 aliphatic heterocycles. The number of anilines is 1. The molecule has 0 aliphatic rings. The molecule has 9 nitrogen and oxygen atoms in total. The van der Waals surface area contributed by atoms with Crippen molar-refractivity contribution in [1.82, 2.24) is 0 Å². The molecule has 0 saturated carbocycles. The van der Waals surface area contributed by atoms with Crippen LogP contribution in [0.15, 0.2) is 36.4 Å². The van der Waals surface area contributed by atoms with Crippen molar-refractivity contribution in [1.29, 1.82) is 0 Å². The predicted molar refractivity (Wildman–Crippen MR) is 87.0 cm³/mol. The Morgan fingerprint density at radius 2 is 1.67 bits per heavy atom. The number of carbonyl (C=O) groups is 1. The summed E-state index contributed by atoms with van der Waals surface area (Å²) in [6.07, 6.45) is 0. The smallest absolute Gasteiger partial charge is 0.299 e. The van der Waals surface area contributed by atoms with Gasteiger partial charge in [-0.15, -0.1) is 0 Å². The van der Waals surface area contributed by atoms with E-state index in [-0.39, 0.29) is 12.2 Å². The fraction of sp³-hybridized carbons (Fsp3) is 0.0714. The first-order valence-corrected chi connectivity index (χ1v) is 6.92. The first-order valence-electron chi connectivity index (χ1n) is 6.54. The van der Waals surface area contributed by atoms with Crippen molar-refractivity contribution in [2.45, 2.75) is 6.54 Å². The van der Waals surface area contributed by atoms with Crippen LogP contribution < -0.4 is 11.1 Å². The number of hydrogen-bond donors (Lipinski definition) is 2. The van der Waals surface area contributed by atoms with E-state index < -0.39 is 32.7 Å². The molecular weight excluding hydrogens is 340 g/mol. The standard InChI is InChI=1S/C14H11ClN4O5/c15-9-3-1-8(2-4-9)7-17-11-5-10(14(16)20)12(18(21)22)6-13(11)19(23)24/h1-6,17H,7H2,(H2,16,20). The van der Waals surface area contributed by atoms with Gasteiger partial charge < -0.3 is 11.1 Å². The highest BCUT2D eigenvalue weighted by Gasteiger charge is 2.26. The fourth-order valence-electron chi connectivity index (χ4n) is 2.02. The maximum atomic E-state index is 11.4. The van der Waals surface area contributed by atoms with Crippen LogP contribution in [0.1, 0.15) is 15.9 Å². The van der Waals surface area contributed by atoms with Crippen molar-refractivity contribution in [2.75, 3.05) is 5.32 Å². The van der Waals surface area contributed by atoms with E-state index in [9.17, 15) is 25.0 Å². The minimum absolute atomic E-state index is 0.0469. The molecule has 0 heterocycles. The summed E-state index contributed by atoms with van der Waals surface area (Å²) < 4.78 is 0. The van der Waals surface area contributed by atoms with Crippen LogP contribution in [0.3, 0.4) is 0 Å². The summed E-state index contributed by atoms with van der Waals surface area (Å²) in [4.78, 5) is 31.8. The van der Waals surface area contributed by atoms with Crippen LogP contribution in [-0.2, 0) is 6.54 Å². The lowest BCUT2D eigenvalue weighted by Crippen LogP contribution is -2.15. The molecule has 0 fully saturated rings. The number of primary amides is 1. The second-order valence-corrected chi connectivity index (χ2v) is 5.18. The Bertz CT molecular complexity index is 823. The van der Waals surface area contributed by atoms with Crippen molar-refractivity contribution in [3.63, 3.8) is 0 Å². The van der Waals surface area contributed by atoms with Gasteiger partial charge in [-0.3, -0.25) is 25.0 Å². The van der Waals surface area contributed by atoms with Crippen LogP contribution in [0.25, 0.3) is 0 Å². The Morgan fingerprint density at radius 1 is 1.08 bits per heavy atom. The zero-order valence-electron chi connectivity index (χ0n) is 12.1. The molecule has 0 saturated heterocycles. The number of carbonyl (C=O) groups excluding carboxylic acids is 1. The van der Waals surface area contributed by atoms with Crippen LogP contribution >= 0.6 is 11.6 Å². The van der Waals surface area contributed by atoms with Gasteiger partial charge in [-0.25, -0.2) is 0 Å². The van der Waals surface area contributed by atoms with Gasteiger partial charge in [0.05, 0.1) is 15.9 Å². The van der Waals surface area contributed by atoms with E-state index in [0.717, 1.165) is 11.6 Å². The fourth-order valence-corrected chi connectivity index (χ4v) is 2.14. The molecule has 1 amide bonds. The van der Waals surface area contributed by atoms with Gasteiger partial charge in [0, 0.05) is 11.6 Å². The number of nitrogens with one attached hydrogen (secondary N) is 1. The maximum absolute atomic E-state index is 11.4. The summed E-state index contributed by atoms with van der Waals surface area (Å²) >= 11 is 5.77. The number of nitro groups is 2. The van der Waals surface area contributed by atoms with Crippen molar-refractivity contribution >= 4 is 34.6 Å². The molecular formula is C14H11ClN4O5. The van der Waals surface area contributed by atoms with Gasteiger partial charge in [0.1, 0.15) is 11.3 Å². The van der Waals surface area contributed by atoms with Gasteiger partial charge in [0.2, 0.25) is 0 Å². The van der Waals surface area contributed by atoms with Crippen molar-refractivity contribution in [3.8, 4) is 0 Å². The molecule has 2 aromatic carbocycles. The largest absolute Gasteiger partial charge is 0.375 e.